The lowest BCUT2D eigenvalue weighted by Gasteiger charge is -2.11. The molecule has 0 aliphatic heterocycles. The fraction of sp³-hybridized carbons (Fsp3) is 0.333. The molecule has 3 rings (SSSR count). The van der Waals surface area contributed by atoms with Crippen molar-refractivity contribution >= 4 is 37.5 Å². The highest BCUT2D eigenvalue weighted by atomic mass is 32.2. The van der Waals surface area contributed by atoms with Gasteiger partial charge in [0.25, 0.3) is 5.91 Å². The summed E-state index contributed by atoms with van der Waals surface area (Å²) in [6.07, 6.45) is 0. The molecule has 1 heterocycles. The number of carbonyl (C=O) groups excluding carboxylic acids is 1. The van der Waals surface area contributed by atoms with Crippen LogP contribution in [0.1, 0.15) is 21.5 Å². The summed E-state index contributed by atoms with van der Waals surface area (Å²) in [6.45, 7) is 5.18. The van der Waals surface area contributed by atoms with E-state index in [0.717, 1.165) is 14.5 Å². The van der Waals surface area contributed by atoms with Crippen molar-refractivity contribution in [3.05, 3.63) is 57.9 Å². The summed E-state index contributed by atoms with van der Waals surface area (Å²) in [4.78, 5) is 17.8. The number of sulfonamides is 1. The maximum atomic E-state index is 12.8. The fourth-order valence-electron chi connectivity index (χ4n) is 2.94. The zero-order chi connectivity index (χ0) is 22.1. The molecule has 0 spiro atoms. The van der Waals surface area contributed by atoms with Crippen LogP contribution in [0.2, 0.25) is 0 Å². The van der Waals surface area contributed by atoms with Crippen molar-refractivity contribution in [1.29, 1.82) is 0 Å². The average molecular weight is 448 g/mol. The van der Waals surface area contributed by atoms with Crippen LogP contribution >= 0.6 is 11.3 Å². The average Bonchev–Trinajstić information content (AvgIpc) is 3.02. The van der Waals surface area contributed by atoms with Crippen molar-refractivity contribution in [3.8, 4) is 0 Å². The minimum atomic E-state index is -3.55. The fourth-order valence-corrected chi connectivity index (χ4v) is 4.97. The van der Waals surface area contributed by atoms with Crippen LogP contribution in [-0.4, -0.2) is 51.0 Å². The molecule has 0 fully saturated rings. The summed E-state index contributed by atoms with van der Waals surface area (Å²) < 4.78 is 33.8. The molecule has 0 unspecified atom stereocenters. The van der Waals surface area contributed by atoms with E-state index in [1.807, 2.05) is 4.57 Å². The second-order valence-electron chi connectivity index (χ2n) is 7.16. The van der Waals surface area contributed by atoms with Gasteiger partial charge >= 0.3 is 0 Å². The highest BCUT2D eigenvalue weighted by Gasteiger charge is 2.17. The van der Waals surface area contributed by atoms with E-state index >= 15 is 0 Å². The van der Waals surface area contributed by atoms with Gasteiger partial charge in [0.15, 0.2) is 4.80 Å². The zero-order valence-electron chi connectivity index (χ0n) is 17.7. The summed E-state index contributed by atoms with van der Waals surface area (Å²) in [5.41, 5.74) is 3.69. The third-order valence-electron chi connectivity index (χ3n) is 4.89. The van der Waals surface area contributed by atoms with Gasteiger partial charge in [-0.3, -0.25) is 4.79 Å². The van der Waals surface area contributed by atoms with Crippen LogP contribution in [0.25, 0.3) is 10.2 Å². The Morgan fingerprint density at radius 3 is 2.37 bits per heavy atom. The van der Waals surface area contributed by atoms with E-state index in [1.165, 1.54) is 60.8 Å². The number of benzene rings is 2. The number of hydrogen-bond acceptors (Lipinski definition) is 5. The van der Waals surface area contributed by atoms with Crippen molar-refractivity contribution < 1.29 is 17.9 Å². The minimum Gasteiger partial charge on any atom is -0.383 e. The minimum absolute atomic E-state index is 0.132. The number of carbonyl (C=O) groups is 1. The van der Waals surface area contributed by atoms with Crippen molar-refractivity contribution in [3.63, 3.8) is 0 Å². The number of hydrogen-bond donors (Lipinski definition) is 0. The molecule has 9 heteroatoms. The number of rotatable bonds is 6. The molecule has 7 nitrogen and oxygen atoms in total. The van der Waals surface area contributed by atoms with Crippen LogP contribution in [0.3, 0.4) is 0 Å². The smallest absolute Gasteiger partial charge is 0.279 e. The highest BCUT2D eigenvalue weighted by Crippen LogP contribution is 2.22. The van der Waals surface area contributed by atoms with Gasteiger partial charge in [0.05, 0.1) is 21.7 Å². The van der Waals surface area contributed by atoms with E-state index in [-0.39, 0.29) is 4.90 Å². The second-order valence-corrected chi connectivity index (χ2v) is 10.3. The van der Waals surface area contributed by atoms with Gasteiger partial charge in [0, 0.05) is 33.3 Å². The molecular formula is C21H25N3O4S2. The first-order valence-corrected chi connectivity index (χ1v) is 11.6. The summed E-state index contributed by atoms with van der Waals surface area (Å²) in [6, 6.07) is 10.0. The molecule has 3 aromatic rings. The van der Waals surface area contributed by atoms with Gasteiger partial charge in [-0.2, -0.15) is 4.99 Å². The molecule has 1 amide bonds. The van der Waals surface area contributed by atoms with Crippen molar-refractivity contribution in [2.45, 2.75) is 25.3 Å². The Kier molecular flexibility index (Phi) is 6.56. The number of aryl methyl sites for hydroxylation is 2. The lowest BCUT2D eigenvalue weighted by molar-refractivity contribution is 0.0997. The van der Waals surface area contributed by atoms with Crippen LogP contribution in [0.5, 0.6) is 0 Å². The predicted octanol–water partition coefficient (Wildman–Crippen LogP) is 2.96. The molecule has 0 aliphatic rings. The molecule has 30 heavy (non-hydrogen) atoms. The summed E-state index contributed by atoms with van der Waals surface area (Å²) >= 11 is 1.45. The molecule has 0 saturated carbocycles. The monoisotopic (exact) mass is 447 g/mol. The van der Waals surface area contributed by atoms with Gasteiger partial charge in [0.1, 0.15) is 0 Å². The third kappa shape index (κ3) is 4.39. The Bertz CT molecular complexity index is 1250. The lowest BCUT2D eigenvalue weighted by Crippen LogP contribution is -2.22. The third-order valence-corrected chi connectivity index (χ3v) is 7.76. The number of ether oxygens (including phenoxy) is 1. The number of aromatic nitrogens is 1. The molecule has 160 valence electrons. The molecule has 0 aliphatic carbocycles. The quantitative estimate of drug-likeness (QED) is 0.582. The standard InChI is InChI=1S/C21H25N3O4S2/c1-14-12-18-19(13-15(14)2)29-21(24(18)10-11-28-5)22-20(25)16-6-8-17(9-7-16)30(26,27)23(3)4/h6-9,12-13H,10-11H2,1-5H3. The molecule has 1 aromatic heterocycles. The van der Waals surface area contributed by atoms with E-state index in [1.54, 1.807) is 7.11 Å². The van der Waals surface area contributed by atoms with E-state index in [0.29, 0.717) is 23.5 Å². The van der Waals surface area contributed by atoms with Crippen molar-refractivity contribution in [2.75, 3.05) is 27.8 Å². The molecular weight excluding hydrogens is 422 g/mol. The number of methoxy groups -OCH3 is 1. The van der Waals surface area contributed by atoms with Gasteiger partial charge in [-0.25, -0.2) is 12.7 Å². The van der Waals surface area contributed by atoms with Gasteiger partial charge in [0.2, 0.25) is 10.0 Å². The molecule has 0 atom stereocenters. The first-order valence-electron chi connectivity index (χ1n) is 9.36. The van der Waals surface area contributed by atoms with E-state index in [2.05, 4.69) is 31.0 Å². The number of nitrogens with zero attached hydrogens (tertiary/aromatic N) is 3. The predicted molar refractivity (Wildman–Crippen MR) is 118 cm³/mol. The molecule has 0 bridgehead atoms. The highest BCUT2D eigenvalue weighted by molar-refractivity contribution is 7.89. The summed E-state index contributed by atoms with van der Waals surface area (Å²) in [7, 11) is 1.02. The van der Waals surface area contributed by atoms with E-state index in [4.69, 9.17) is 4.74 Å². The molecule has 0 radical (unpaired) electrons. The first-order chi connectivity index (χ1) is 14.1. The van der Waals surface area contributed by atoms with Crippen molar-refractivity contribution in [2.24, 2.45) is 4.99 Å². The maximum Gasteiger partial charge on any atom is 0.279 e. The Labute approximate surface area is 180 Å². The largest absolute Gasteiger partial charge is 0.383 e. The first kappa shape index (κ1) is 22.4. The summed E-state index contributed by atoms with van der Waals surface area (Å²) in [5, 5.41) is 0. The van der Waals surface area contributed by atoms with Crippen LogP contribution in [0.4, 0.5) is 0 Å². The Hall–Kier alpha value is -2.33. The van der Waals surface area contributed by atoms with Crippen LogP contribution in [0, 0.1) is 13.8 Å². The molecule has 0 saturated heterocycles. The zero-order valence-corrected chi connectivity index (χ0v) is 19.3. The Morgan fingerprint density at radius 2 is 1.77 bits per heavy atom. The van der Waals surface area contributed by atoms with Gasteiger partial charge in [-0.05, 0) is 61.4 Å². The number of fused-ring (bicyclic) bond motifs is 1. The number of thiazole rings is 1. The molecule has 0 N–H and O–H groups in total. The van der Waals surface area contributed by atoms with Gasteiger partial charge in [-0.1, -0.05) is 11.3 Å². The topological polar surface area (TPSA) is 81.0 Å². The Morgan fingerprint density at radius 1 is 1.13 bits per heavy atom. The van der Waals surface area contributed by atoms with Crippen LogP contribution in [-0.2, 0) is 21.3 Å². The van der Waals surface area contributed by atoms with Crippen LogP contribution in [0.15, 0.2) is 46.3 Å². The second kappa shape index (κ2) is 8.81. The summed E-state index contributed by atoms with van der Waals surface area (Å²) in [5.74, 6) is -0.421. The van der Waals surface area contributed by atoms with Crippen LogP contribution < -0.4 is 4.80 Å². The van der Waals surface area contributed by atoms with E-state index in [9.17, 15) is 13.2 Å². The lowest BCUT2D eigenvalue weighted by atomic mass is 10.1. The Balaban J connectivity index is 2.04. The normalized spacial score (nSPS) is 12.8. The molecule has 2 aromatic carbocycles. The van der Waals surface area contributed by atoms with Crippen molar-refractivity contribution in [1.82, 2.24) is 8.87 Å². The van der Waals surface area contributed by atoms with Gasteiger partial charge < -0.3 is 9.30 Å². The number of amides is 1. The van der Waals surface area contributed by atoms with Gasteiger partial charge in [-0.15, -0.1) is 0 Å². The maximum absolute atomic E-state index is 12.8. The van der Waals surface area contributed by atoms with E-state index < -0.39 is 15.9 Å². The SMILES string of the molecule is COCCn1c(=NC(=O)c2ccc(S(=O)(=O)N(C)C)cc2)sc2cc(C)c(C)cc21.